The van der Waals surface area contributed by atoms with Gasteiger partial charge in [-0.05, 0) is 13.8 Å². The molecule has 2 aromatic rings. The predicted octanol–water partition coefficient (Wildman–Crippen LogP) is 3.86. The molecule has 0 bridgehead atoms. The minimum absolute atomic E-state index is 0.0596. The van der Waals surface area contributed by atoms with E-state index in [1.807, 2.05) is 0 Å². The van der Waals surface area contributed by atoms with Crippen molar-refractivity contribution in [2.75, 3.05) is 0 Å². The Kier molecular flexibility index (Phi) is 3.34. The normalized spacial score (nSPS) is 12.4. The molecule has 2 rings (SSSR count). The number of aromatic nitrogens is 1. The molecule has 94 valence electrons. The van der Waals surface area contributed by atoms with Crippen LogP contribution in [0.4, 0.5) is 5.69 Å². The van der Waals surface area contributed by atoms with E-state index in [4.69, 9.17) is 16.0 Å². The molecule has 0 N–H and O–H groups in total. The molecule has 1 unspecified atom stereocenters. The molecule has 0 spiro atoms. The van der Waals surface area contributed by atoms with E-state index in [2.05, 4.69) is 4.98 Å². The lowest BCUT2D eigenvalue weighted by Gasteiger charge is -2.00. The molecule has 0 radical (unpaired) electrons. The Balaban J connectivity index is 2.44. The van der Waals surface area contributed by atoms with Crippen LogP contribution in [0.1, 0.15) is 23.8 Å². The van der Waals surface area contributed by atoms with Crippen LogP contribution >= 0.6 is 11.6 Å². The predicted molar refractivity (Wildman–Crippen MR) is 67.6 cm³/mol. The van der Waals surface area contributed by atoms with Gasteiger partial charge >= 0.3 is 0 Å². The first-order valence-electron chi connectivity index (χ1n) is 5.34. The largest absolute Gasteiger partial charge is 0.439 e. The molecule has 0 aliphatic carbocycles. The van der Waals surface area contributed by atoms with Gasteiger partial charge in [-0.25, -0.2) is 4.98 Å². The van der Waals surface area contributed by atoms with E-state index >= 15 is 0 Å². The average molecular weight is 267 g/mol. The number of benzene rings is 1. The zero-order valence-electron chi connectivity index (χ0n) is 9.88. The minimum atomic E-state index is -0.416. The molecule has 5 nitrogen and oxygen atoms in total. The maximum atomic E-state index is 10.9. The lowest BCUT2D eigenvalue weighted by molar-refractivity contribution is -0.385. The topological polar surface area (TPSA) is 69.2 Å². The summed E-state index contributed by atoms with van der Waals surface area (Å²) in [5, 5.41) is 10.5. The molecule has 1 atom stereocenters. The van der Waals surface area contributed by atoms with Gasteiger partial charge in [0, 0.05) is 17.2 Å². The number of nitrogens with zero attached hydrogens (tertiary/aromatic N) is 2. The van der Waals surface area contributed by atoms with Crippen molar-refractivity contribution in [1.82, 2.24) is 4.98 Å². The summed E-state index contributed by atoms with van der Waals surface area (Å²) in [6, 6.07) is 4.91. The number of rotatable bonds is 3. The molecule has 1 aromatic carbocycles. The molecule has 1 aromatic heterocycles. The van der Waals surface area contributed by atoms with E-state index in [9.17, 15) is 10.1 Å². The number of halogens is 1. The van der Waals surface area contributed by atoms with E-state index in [1.165, 1.54) is 12.3 Å². The minimum Gasteiger partial charge on any atom is -0.439 e. The van der Waals surface area contributed by atoms with Gasteiger partial charge in [0.25, 0.3) is 5.69 Å². The first-order valence-corrected chi connectivity index (χ1v) is 5.78. The van der Waals surface area contributed by atoms with E-state index in [0.717, 1.165) is 0 Å². The summed E-state index contributed by atoms with van der Waals surface area (Å²) in [5.74, 6) is 0.871. The summed E-state index contributed by atoms with van der Waals surface area (Å²) in [7, 11) is 0. The van der Waals surface area contributed by atoms with Crippen LogP contribution in [0.3, 0.4) is 0 Å². The molecular weight excluding hydrogens is 256 g/mol. The van der Waals surface area contributed by atoms with Crippen molar-refractivity contribution in [3.63, 3.8) is 0 Å². The van der Waals surface area contributed by atoms with Crippen LogP contribution in [0.25, 0.3) is 11.3 Å². The molecule has 1 heterocycles. The highest BCUT2D eigenvalue weighted by atomic mass is 35.5. The van der Waals surface area contributed by atoms with Crippen LogP contribution in [0, 0.1) is 17.0 Å². The first-order chi connectivity index (χ1) is 8.49. The molecule has 0 aliphatic rings. The van der Waals surface area contributed by atoms with E-state index < -0.39 is 4.92 Å². The van der Waals surface area contributed by atoms with Crippen LogP contribution in [-0.4, -0.2) is 9.91 Å². The van der Waals surface area contributed by atoms with Crippen LogP contribution in [0.5, 0.6) is 0 Å². The van der Waals surface area contributed by atoms with Crippen LogP contribution < -0.4 is 0 Å². The lowest BCUT2D eigenvalue weighted by atomic mass is 10.1. The molecule has 0 saturated carbocycles. The Morgan fingerprint density at radius 3 is 2.78 bits per heavy atom. The summed E-state index contributed by atoms with van der Waals surface area (Å²) >= 11 is 5.85. The van der Waals surface area contributed by atoms with Crippen molar-refractivity contribution < 1.29 is 9.34 Å². The van der Waals surface area contributed by atoms with Crippen LogP contribution in [0.15, 0.2) is 28.8 Å². The number of hydrogen-bond donors (Lipinski definition) is 0. The van der Waals surface area contributed by atoms with E-state index in [1.54, 1.807) is 26.0 Å². The van der Waals surface area contributed by atoms with E-state index in [0.29, 0.717) is 22.8 Å². The van der Waals surface area contributed by atoms with Gasteiger partial charge in [0.2, 0.25) is 5.89 Å². The quantitative estimate of drug-likeness (QED) is 0.480. The van der Waals surface area contributed by atoms with Gasteiger partial charge < -0.3 is 4.42 Å². The maximum absolute atomic E-state index is 10.9. The van der Waals surface area contributed by atoms with Crippen molar-refractivity contribution in [2.24, 2.45) is 0 Å². The summed E-state index contributed by atoms with van der Waals surface area (Å²) in [5.41, 5.74) is 1.28. The number of oxazole rings is 1. The standard InChI is InChI=1S/C12H11ClN2O3/c1-7-3-4-9(5-10(7)15(16)17)11-6-14-12(18-11)8(2)13/h3-6,8H,1-2H3. The SMILES string of the molecule is Cc1ccc(-c2cnc(C(C)Cl)o2)cc1[N+](=O)[O-]. The first kappa shape index (κ1) is 12.6. The Bertz CT molecular complexity index is 593. The fraction of sp³-hybridized carbons (Fsp3) is 0.250. The molecule has 6 heteroatoms. The third-order valence-corrected chi connectivity index (χ3v) is 2.74. The van der Waals surface area contributed by atoms with Gasteiger partial charge in [0.1, 0.15) is 5.38 Å². The summed E-state index contributed by atoms with van der Waals surface area (Å²) in [6.45, 7) is 3.43. The maximum Gasteiger partial charge on any atom is 0.273 e. The third kappa shape index (κ3) is 2.36. The van der Waals surface area contributed by atoms with Crippen molar-refractivity contribution in [2.45, 2.75) is 19.2 Å². The number of alkyl halides is 1. The highest BCUT2D eigenvalue weighted by Gasteiger charge is 2.15. The van der Waals surface area contributed by atoms with Gasteiger partial charge in [0.05, 0.1) is 11.1 Å². The lowest BCUT2D eigenvalue weighted by Crippen LogP contribution is -1.91. The fourth-order valence-electron chi connectivity index (χ4n) is 1.56. The van der Waals surface area contributed by atoms with E-state index in [-0.39, 0.29) is 11.1 Å². The highest BCUT2D eigenvalue weighted by molar-refractivity contribution is 6.20. The van der Waals surface area contributed by atoms with Crippen LogP contribution in [-0.2, 0) is 0 Å². The van der Waals surface area contributed by atoms with Crippen molar-refractivity contribution in [3.05, 3.63) is 46.0 Å². The number of aryl methyl sites for hydroxylation is 1. The molecule has 0 saturated heterocycles. The smallest absolute Gasteiger partial charge is 0.273 e. The molecule has 18 heavy (non-hydrogen) atoms. The van der Waals surface area contributed by atoms with Crippen molar-refractivity contribution >= 4 is 17.3 Å². The number of nitro groups is 1. The van der Waals surface area contributed by atoms with Crippen molar-refractivity contribution in [1.29, 1.82) is 0 Å². The zero-order valence-corrected chi connectivity index (χ0v) is 10.6. The molecule has 0 amide bonds. The van der Waals surface area contributed by atoms with Gasteiger partial charge in [-0.1, -0.05) is 12.1 Å². The van der Waals surface area contributed by atoms with Gasteiger partial charge in [-0.15, -0.1) is 11.6 Å². The molecule has 0 aliphatic heterocycles. The Hall–Kier alpha value is -1.88. The summed E-state index contributed by atoms with van der Waals surface area (Å²) in [6.07, 6.45) is 1.52. The second kappa shape index (κ2) is 4.78. The summed E-state index contributed by atoms with van der Waals surface area (Å²) in [4.78, 5) is 14.5. The number of nitro benzene ring substituents is 1. The second-order valence-electron chi connectivity index (χ2n) is 3.94. The Morgan fingerprint density at radius 1 is 1.50 bits per heavy atom. The van der Waals surface area contributed by atoms with Gasteiger partial charge in [-0.3, -0.25) is 10.1 Å². The second-order valence-corrected chi connectivity index (χ2v) is 4.59. The fourth-order valence-corrected chi connectivity index (χ4v) is 1.67. The summed E-state index contributed by atoms with van der Waals surface area (Å²) < 4.78 is 5.44. The number of hydrogen-bond acceptors (Lipinski definition) is 4. The molecule has 0 fully saturated rings. The van der Waals surface area contributed by atoms with Crippen LogP contribution in [0.2, 0.25) is 0 Å². The third-order valence-electron chi connectivity index (χ3n) is 2.55. The van der Waals surface area contributed by atoms with Gasteiger partial charge in [-0.2, -0.15) is 0 Å². The highest BCUT2D eigenvalue weighted by Crippen LogP contribution is 2.29. The van der Waals surface area contributed by atoms with Gasteiger partial charge in [0.15, 0.2) is 5.76 Å². The van der Waals surface area contributed by atoms with Crippen molar-refractivity contribution in [3.8, 4) is 11.3 Å². The molecular formula is C12H11ClN2O3. The Labute approximate surface area is 109 Å². The average Bonchev–Trinajstić information content (AvgIpc) is 2.78. The monoisotopic (exact) mass is 266 g/mol. The Morgan fingerprint density at radius 2 is 2.22 bits per heavy atom. The zero-order chi connectivity index (χ0) is 13.3.